The molecule has 0 aromatic rings. The topological polar surface area (TPSA) is 52.3 Å². The minimum absolute atomic E-state index is 0.225. The molecule has 26 heavy (non-hydrogen) atoms. The van der Waals surface area contributed by atoms with Crippen molar-refractivity contribution in [2.75, 3.05) is 0 Å². The number of hydrogen-bond donors (Lipinski definition) is 1. The Balaban J connectivity index is 0.000000660. The lowest BCUT2D eigenvalue weighted by Gasteiger charge is -2.17. The third-order valence-electron chi connectivity index (χ3n) is 4.63. The maximum atomic E-state index is 10.2. The highest BCUT2D eigenvalue weighted by atomic mass is 16.6. The highest BCUT2D eigenvalue weighted by Crippen LogP contribution is 2.26. The predicted molar refractivity (Wildman–Crippen MR) is 113 cm³/mol. The van der Waals surface area contributed by atoms with Gasteiger partial charge in [-0.05, 0) is 64.5 Å². The van der Waals surface area contributed by atoms with Crippen molar-refractivity contribution in [1.82, 2.24) is 0 Å². The Labute approximate surface area is 161 Å². The van der Waals surface area contributed by atoms with E-state index in [0.717, 1.165) is 11.6 Å². The van der Waals surface area contributed by atoms with E-state index in [1.807, 2.05) is 26.8 Å². The van der Waals surface area contributed by atoms with E-state index in [1.54, 1.807) is 0 Å². The van der Waals surface area contributed by atoms with Gasteiger partial charge in [0.2, 0.25) is 0 Å². The summed E-state index contributed by atoms with van der Waals surface area (Å²) in [5, 5.41) is 0. The van der Waals surface area contributed by atoms with Crippen LogP contribution in [-0.2, 0) is 9.53 Å². The first-order chi connectivity index (χ1) is 12.0. The van der Waals surface area contributed by atoms with Gasteiger partial charge in [0, 0.05) is 12.6 Å². The van der Waals surface area contributed by atoms with E-state index < -0.39 is 0 Å². The van der Waals surface area contributed by atoms with Crippen molar-refractivity contribution in [3.8, 4) is 0 Å². The van der Waals surface area contributed by atoms with Gasteiger partial charge in [0.05, 0.1) is 0 Å². The van der Waals surface area contributed by atoms with Gasteiger partial charge in [0.25, 0.3) is 0 Å². The van der Waals surface area contributed by atoms with Crippen LogP contribution in [-0.4, -0.2) is 11.6 Å². The molecule has 2 N–H and O–H groups in total. The maximum absolute atomic E-state index is 10.2. The molecule has 0 saturated heterocycles. The van der Waals surface area contributed by atoms with Gasteiger partial charge < -0.3 is 10.5 Å². The molecule has 0 spiro atoms. The summed E-state index contributed by atoms with van der Waals surface area (Å²) in [6.45, 7) is 15.9. The third-order valence-corrected chi connectivity index (χ3v) is 4.63. The number of rotatable bonds is 6. The van der Waals surface area contributed by atoms with Crippen molar-refractivity contribution in [3.63, 3.8) is 0 Å². The van der Waals surface area contributed by atoms with E-state index in [0.29, 0.717) is 5.92 Å². The Morgan fingerprint density at radius 1 is 1.23 bits per heavy atom. The number of hydrogen-bond acceptors (Lipinski definition) is 3. The number of nitrogens with two attached hydrogens (primary N) is 1. The van der Waals surface area contributed by atoms with Gasteiger partial charge in [-0.15, -0.1) is 0 Å². The first kappa shape index (κ1) is 24.5. The second kappa shape index (κ2) is 12.0. The molecule has 0 aliphatic heterocycles. The molecule has 3 nitrogen and oxygen atoms in total. The summed E-state index contributed by atoms with van der Waals surface area (Å²) in [6, 6.07) is 0. The summed E-state index contributed by atoms with van der Waals surface area (Å²) in [7, 11) is 0. The average molecular weight is 364 g/mol. The maximum Gasteiger partial charge on any atom is 0.303 e. The smallest absolute Gasteiger partial charge is 0.303 e. The number of esters is 1. The SMILES string of the molecule is CC(=O)OC(C)(C)C.CCC(C)CCCCC1C=C(C)C(N)=CC=C1C. The van der Waals surface area contributed by atoms with Crippen molar-refractivity contribution < 1.29 is 9.53 Å². The first-order valence-electron chi connectivity index (χ1n) is 9.98. The molecule has 3 heteroatoms. The average Bonchev–Trinajstić information content (AvgIpc) is 2.63. The Morgan fingerprint density at radius 3 is 2.31 bits per heavy atom. The number of carbonyl (C=O) groups excluding carboxylic acids is 1. The summed E-state index contributed by atoms with van der Waals surface area (Å²) in [4.78, 5) is 10.2. The van der Waals surface area contributed by atoms with Gasteiger partial charge in [0.15, 0.2) is 0 Å². The highest BCUT2D eigenvalue weighted by molar-refractivity contribution is 5.66. The fourth-order valence-electron chi connectivity index (χ4n) is 2.81. The molecule has 0 aromatic heterocycles. The van der Waals surface area contributed by atoms with Crippen LogP contribution >= 0.6 is 0 Å². The molecule has 2 unspecified atom stereocenters. The third kappa shape index (κ3) is 11.9. The van der Waals surface area contributed by atoms with Crippen molar-refractivity contribution in [2.45, 2.75) is 93.1 Å². The molecule has 1 rings (SSSR count). The zero-order valence-electron chi connectivity index (χ0n) is 18.3. The molecular weight excluding hydrogens is 322 g/mol. The molecule has 0 heterocycles. The van der Waals surface area contributed by atoms with Gasteiger partial charge in [-0.25, -0.2) is 0 Å². The molecule has 150 valence electrons. The predicted octanol–water partition coefficient (Wildman–Crippen LogP) is 6.31. The fourth-order valence-corrected chi connectivity index (χ4v) is 2.81. The second-order valence-corrected chi connectivity index (χ2v) is 8.49. The van der Waals surface area contributed by atoms with Crippen LogP contribution in [0.15, 0.2) is 35.1 Å². The van der Waals surface area contributed by atoms with Crippen LogP contribution in [0.2, 0.25) is 0 Å². The molecule has 0 saturated carbocycles. The highest BCUT2D eigenvalue weighted by Gasteiger charge is 2.12. The van der Waals surface area contributed by atoms with Crippen LogP contribution in [0.25, 0.3) is 0 Å². The van der Waals surface area contributed by atoms with E-state index >= 15 is 0 Å². The Kier molecular flexibility index (Phi) is 11.3. The van der Waals surface area contributed by atoms with E-state index in [1.165, 1.54) is 50.2 Å². The Morgan fingerprint density at radius 2 is 1.85 bits per heavy atom. The quantitative estimate of drug-likeness (QED) is 0.444. The Hall–Kier alpha value is -1.51. The summed E-state index contributed by atoms with van der Waals surface area (Å²) in [6.07, 6.45) is 13.2. The standard InChI is InChI=1S/C17H29N.C6H12O2/c1-5-13(2)8-6-7-9-16-12-15(4)17(18)11-10-14(16)3;1-5(7)8-6(2,3)4/h10-13,16H,5-9,18H2,1-4H3;1-4H3. The molecule has 0 radical (unpaired) electrons. The number of unbranched alkanes of at least 4 members (excludes halogenated alkanes) is 1. The van der Waals surface area contributed by atoms with Crippen LogP contribution < -0.4 is 5.73 Å². The largest absolute Gasteiger partial charge is 0.460 e. The normalized spacial score (nSPS) is 18.5. The lowest BCUT2D eigenvalue weighted by molar-refractivity contribution is -0.151. The van der Waals surface area contributed by atoms with Crippen molar-refractivity contribution in [2.24, 2.45) is 17.6 Å². The molecule has 1 aliphatic rings. The second-order valence-electron chi connectivity index (χ2n) is 8.49. The summed E-state index contributed by atoms with van der Waals surface area (Å²) < 4.78 is 4.80. The van der Waals surface area contributed by atoms with Gasteiger partial charge in [-0.3, -0.25) is 4.79 Å². The van der Waals surface area contributed by atoms with E-state index in [9.17, 15) is 4.79 Å². The molecule has 1 aliphatic carbocycles. The first-order valence-corrected chi connectivity index (χ1v) is 9.98. The molecule has 0 bridgehead atoms. The lowest BCUT2D eigenvalue weighted by Crippen LogP contribution is -2.21. The van der Waals surface area contributed by atoms with Crippen LogP contribution in [0.3, 0.4) is 0 Å². The molecule has 2 atom stereocenters. The van der Waals surface area contributed by atoms with Gasteiger partial charge in [0.1, 0.15) is 5.60 Å². The minimum Gasteiger partial charge on any atom is -0.460 e. The lowest BCUT2D eigenvalue weighted by atomic mass is 9.91. The van der Waals surface area contributed by atoms with E-state index in [-0.39, 0.29) is 11.6 Å². The number of allylic oxidation sites excluding steroid dienone is 5. The molecule has 0 amide bonds. The summed E-state index contributed by atoms with van der Waals surface area (Å²) >= 11 is 0. The summed E-state index contributed by atoms with van der Waals surface area (Å²) in [5.41, 5.74) is 9.22. The van der Waals surface area contributed by atoms with Crippen LogP contribution in [0.4, 0.5) is 0 Å². The minimum atomic E-state index is -0.328. The fraction of sp³-hybridized carbons (Fsp3) is 0.696. The van der Waals surface area contributed by atoms with Gasteiger partial charge in [-0.2, -0.15) is 0 Å². The van der Waals surface area contributed by atoms with Gasteiger partial charge in [-0.1, -0.05) is 57.3 Å². The zero-order valence-corrected chi connectivity index (χ0v) is 18.3. The number of ether oxygens (including phenoxy) is 1. The molecule has 0 fully saturated rings. The summed E-state index contributed by atoms with van der Waals surface area (Å²) in [5.74, 6) is 1.24. The van der Waals surface area contributed by atoms with Crippen LogP contribution in [0, 0.1) is 11.8 Å². The zero-order chi connectivity index (χ0) is 20.3. The Bertz CT molecular complexity index is 521. The van der Waals surface area contributed by atoms with Crippen LogP contribution in [0.5, 0.6) is 0 Å². The van der Waals surface area contributed by atoms with Crippen LogP contribution in [0.1, 0.15) is 87.5 Å². The van der Waals surface area contributed by atoms with Crippen molar-refractivity contribution in [1.29, 1.82) is 0 Å². The van der Waals surface area contributed by atoms with Crippen molar-refractivity contribution >= 4 is 5.97 Å². The van der Waals surface area contributed by atoms with E-state index in [2.05, 4.69) is 39.8 Å². The molecular formula is C23H41NO2. The van der Waals surface area contributed by atoms with E-state index in [4.69, 9.17) is 10.5 Å². The monoisotopic (exact) mass is 363 g/mol. The van der Waals surface area contributed by atoms with Crippen molar-refractivity contribution in [3.05, 3.63) is 35.1 Å². The van der Waals surface area contributed by atoms with Gasteiger partial charge >= 0.3 is 5.97 Å². The molecule has 0 aromatic carbocycles. The number of carbonyl (C=O) groups is 1.